The van der Waals surface area contributed by atoms with E-state index in [1.165, 1.54) is 17.5 Å². The topological polar surface area (TPSA) is 97.9 Å². The van der Waals surface area contributed by atoms with Gasteiger partial charge in [0.15, 0.2) is 16.8 Å². The van der Waals surface area contributed by atoms with E-state index in [2.05, 4.69) is 21.5 Å². The van der Waals surface area contributed by atoms with Crippen molar-refractivity contribution in [3.05, 3.63) is 59.8 Å². The smallest absolute Gasteiger partial charge is 0.189 e. The van der Waals surface area contributed by atoms with E-state index in [4.69, 9.17) is 14.5 Å². The normalized spacial score (nSPS) is 10.9. The molecule has 3 aromatic heterocycles. The maximum atomic E-state index is 9.66. The van der Waals surface area contributed by atoms with E-state index >= 15 is 0 Å². The number of para-hydroxylation sites is 1. The van der Waals surface area contributed by atoms with Crippen LogP contribution in [-0.2, 0) is 0 Å². The van der Waals surface area contributed by atoms with Crippen molar-refractivity contribution >= 4 is 43.4 Å². The zero-order chi connectivity index (χ0) is 22.2. The summed E-state index contributed by atoms with van der Waals surface area (Å²) in [5, 5.41) is 19.0. The van der Waals surface area contributed by atoms with Crippen LogP contribution in [0.25, 0.3) is 26.9 Å². The van der Waals surface area contributed by atoms with Crippen molar-refractivity contribution in [2.45, 2.75) is 6.92 Å². The SMILES string of the molecule is COc1ccc2nc(Nc3c(C#N)cnn3-c3cc(C)c4cccc(OC)c4n3)sc2c1. The highest BCUT2D eigenvalue weighted by Crippen LogP contribution is 2.33. The largest absolute Gasteiger partial charge is 0.497 e. The molecule has 0 fully saturated rings. The number of hydrogen-bond acceptors (Lipinski definition) is 8. The number of methoxy groups -OCH3 is 2. The molecule has 0 spiro atoms. The summed E-state index contributed by atoms with van der Waals surface area (Å²) in [5.41, 5.74) is 2.99. The number of nitrogens with one attached hydrogen (secondary N) is 1. The third kappa shape index (κ3) is 3.27. The van der Waals surface area contributed by atoms with Crippen LogP contribution >= 0.6 is 11.3 Å². The van der Waals surface area contributed by atoms with Gasteiger partial charge in [-0.1, -0.05) is 23.5 Å². The standard InChI is InChI=1S/C23H18N6O2S/c1-13-9-20(27-21-16(13)5-4-6-18(21)31-3)29-22(14(11-24)12-25-29)28-23-26-17-8-7-15(30-2)10-19(17)32-23/h4-10,12H,1-3H3,(H,26,28). The molecular weight excluding hydrogens is 424 g/mol. The molecule has 2 aromatic carbocycles. The number of fused-ring (bicyclic) bond motifs is 2. The number of benzene rings is 2. The van der Waals surface area contributed by atoms with E-state index in [0.29, 0.717) is 28.1 Å². The first kappa shape index (κ1) is 19.8. The van der Waals surface area contributed by atoms with Crippen LogP contribution in [0.1, 0.15) is 11.1 Å². The minimum Gasteiger partial charge on any atom is -0.497 e. The Hall–Kier alpha value is -4.16. The van der Waals surface area contributed by atoms with E-state index in [0.717, 1.165) is 32.4 Å². The lowest BCUT2D eigenvalue weighted by Gasteiger charge is -2.12. The van der Waals surface area contributed by atoms with Gasteiger partial charge in [0.2, 0.25) is 0 Å². The van der Waals surface area contributed by atoms with Gasteiger partial charge in [-0.3, -0.25) is 0 Å². The molecule has 0 radical (unpaired) electrons. The number of hydrogen-bond donors (Lipinski definition) is 1. The summed E-state index contributed by atoms with van der Waals surface area (Å²) in [6, 6.07) is 15.6. The van der Waals surface area contributed by atoms with E-state index < -0.39 is 0 Å². The van der Waals surface area contributed by atoms with Gasteiger partial charge >= 0.3 is 0 Å². The Kier molecular flexibility index (Phi) is 4.84. The van der Waals surface area contributed by atoms with Crippen LogP contribution in [0, 0.1) is 18.3 Å². The van der Waals surface area contributed by atoms with E-state index in [1.807, 2.05) is 49.4 Å². The monoisotopic (exact) mass is 442 g/mol. The van der Waals surface area contributed by atoms with Crippen LogP contribution < -0.4 is 14.8 Å². The summed E-state index contributed by atoms with van der Waals surface area (Å²) in [6.45, 7) is 2.01. The summed E-state index contributed by atoms with van der Waals surface area (Å²) >= 11 is 1.47. The summed E-state index contributed by atoms with van der Waals surface area (Å²) in [5.74, 6) is 2.51. The second kappa shape index (κ2) is 7.83. The van der Waals surface area contributed by atoms with Gasteiger partial charge in [-0.25, -0.2) is 9.97 Å². The van der Waals surface area contributed by atoms with Crippen LogP contribution in [0.5, 0.6) is 11.5 Å². The van der Waals surface area contributed by atoms with Crippen LogP contribution in [0.15, 0.2) is 48.7 Å². The van der Waals surface area contributed by atoms with Gasteiger partial charge in [0, 0.05) is 5.39 Å². The lowest BCUT2D eigenvalue weighted by Crippen LogP contribution is -2.06. The van der Waals surface area contributed by atoms with Gasteiger partial charge in [0.1, 0.15) is 28.6 Å². The van der Waals surface area contributed by atoms with E-state index in [-0.39, 0.29) is 0 Å². The van der Waals surface area contributed by atoms with E-state index in [1.54, 1.807) is 18.9 Å². The second-order valence-electron chi connectivity index (χ2n) is 7.06. The molecule has 0 saturated heterocycles. The first-order valence-electron chi connectivity index (χ1n) is 9.75. The summed E-state index contributed by atoms with van der Waals surface area (Å²) in [6.07, 6.45) is 1.52. The molecule has 8 nitrogen and oxygen atoms in total. The third-order valence-corrected chi connectivity index (χ3v) is 6.08. The number of anilines is 2. The molecule has 0 atom stereocenters. The molecule has 0 aliphatic rings. The number of nitriles is 1. The van der Waals surface area contributed by atoms with Crippen LogP contribution in [-0.4, -0.2) is 34.0 Å². The number of aryl methyl sites for hydroxylation is 1. The number of pyridine rings is 1. The molecule has 0 unspecified atom stereocenters. The fourth-order valence-corrected chi connectivity index (χ4v) is 4.45. The fraction of sp³-hybridized carbons (Fsp3) is 0.130. The number of aromatic nitrogens is 4. The second-order valence-corrected chi connectivity index (χ2v) is 8.09. The summed E-state index contributed by atoms with van der Waals surface area (Å²) in [4.78, 5) is 9.41. The maximum absolute atomic E-state index is 9.66. The number of thiazole rings is 1. The van der Waals surface area contributed by atoms with Crippen molar-refractivity contribution in [1.82, 2.24) is 19.7 Å². The third-order valence-electron chi connectivity index (χ3n) is 5.14. The Morgan fingerprint density at radius 1 is 1.09 bits per heavy atom. The van der Waals surface area contributed by atoms with Crippen LogP contribution in [0.4, 0.5) is 10.9 Å². The number of ether oxygens (including phenoxy) is 2. The first-order valence-corrected chi connectivity index (χ1v) is 10.6. The Morgan fingerprint density at radius 2 is 1.97 bits per heavy atom. The number of nitrogens with zero attached hydrogens (tertiary/aromatic N) is 5. The van der Waals surface area contributed by atoms with Gasteiger partial charge in [-0.2, -0.15) is 15.0 Å². The molecule has 5 aromatic rings. The van der Waals surface area contributed by atoms with E-state index in [9.17, 15) is 5.26 Å². The zero-order valence-electron chi connectivity index (χ0n) is 17.6. The van der Waals surface area contributed by atoms with Crippen molar-refractivity contribution in [3.63, 3.8) is 0 Å². The molecule has 0 amide bonds. The quantitative estimate of drug-likeness (QED) is 0.410. The Labute approximate surface area is 187 Å². The van der Waals surface area contributed by atoms with Crippen molar-refractivity contribution in [2.75, 3.05) is 19.5 Å². The lowest BCUT2D eigenvalue weighted by molar-refractivity contribution is 0.415. The van der Waals surface area contributed by atoms with Gasteiger partial charge in [-0.05, 0) is 42.8 Å². The van der Waals surface area contributed by atoms with Crippen LogP contribution in [0.3, 0.4) is 0 Å². The van der Waals surface area contributed by atoms with Gasteiger partial charge in [0.25, 0.3) is 0 Å². The highest BCUT2D eigenvalue weighted by atomic mass is 32.1. The molecule has 158 valence electrons. The highest BCUT2D eigenvalue weighted by Gasteiger charge is 2.17. The fourth-order valence-electron chi connectivity index (χ4n) is 3.56. The van der Waals surface area contributed by atoms with Crippen molar-refractivity contribution in [1.29, 1.82) is 5.26 Å². The Morgan fingerprint density at radius 3 is 2.75 bits per heavy atom. The Bertz CT molecular complexity index is 1510. The molecule has 0 aliphatic heterocycles. The Balaban J connectivity index is 1.62. The molecule has 0 bridgehead atoms. The first-order chi connectivity index (χ1) is 15.6. The molecule has 0 aliphatic carbocycles. The molecule has 9 heteroatoms. The predicted octanol–water partition coefficient (Wildman–Crippen LogP) is 4.97. The van der Waals surface area contributed by atoms with Crippen molar-refractivity contribution in [3.8, 4) is 23.4 Å². The average molecular weight is 443 g/mol. The minimum atomic E-state index is 0.390. The molecule has 3 heterocycles. The maximum Gasteiger partial charge on any atom is 0.189 e. The van der Waals surface area contributed by atoms with Gasteiger partial charge < -0.3 is 14.8 Å². The predicted molar refractivity (Wildman–Crippen MR) is 124 cm³/mol. The molecule has 1 N–H and O–H groups in total. The molecular formula is C23H18N6O2S. The van der Waals surface area contributed by atoms with Gasteiger partial charge in [0.05, 0.1) is 30.6 Å². The van der Waals surface area contributed by atoms with Crippen molar-refractivity contribution in [2.24, 2.45) is 0 Å². The molecule has 32 heavy (non-hydrogen) atoms. The lowest BCUT2D eigenvalue weighted by atomic mass is 10.1. The zero-order valence-corrected chi connectivity index (χ0v) is 18.4. The van der Waals surface area contributed by atoms with Gasteiger partial charge in [-0.15, -0.1) is 0 Å². The summed E-state index contributed by atoms with van der Waals surface area (Å²) < 4.78 is 13.4. The molecule has 0 saturated carbocycles. The van der Waals surface area contributed by atoms with Crippen molar-refractivity contribution < 1.29 is 9.47 Å². The number of rotatable bonds is 5. The minimum absolute atomic E-state index is 0.390. The van der Waals surface area contributed by atoms with Crippen LogP contribution in [0.2, 0.25) is 0 Å². The highest BCUT2D eigenvalue weighted by molar-refractivity contribution is 7.22. The molecule has 5 rings (SSSR count). The summed E-state index contributed by atoms with van der Waals surface area (Å²) in [7, 11) is 3.25. The average Bonchev–Trinajstić information content (AvgIpc) is 3.41.